The normalized spacial score (nSPS) is 21.6. The predicted octanol–water partition coefficient (Wildman–Crippen LogP) is 4.99. The molecule has 162 valence electrons. The molecular formula is C25H20BrNO5. The van der Waals surface area contributed by atoms with Gasteiger partial charge < -0.3 is 19.2 Å². The maximum Gasteiger partial charge on any atom is 0.296 e. The second-order valence-electron chi connectivity index (χ2n) is 8.02. The van der Waals surface area contributed by atoms with Crippen LogP contribution < -0.4 is 4.74 Å². The fourth-order valence-corrected chi connectivity index (χ4v) is 4.78. The number of aliphatic hydroxyl groups excluding tert-OH is 1. The molecule has 6 nitrogen and oxygen atoms in total. The van der Waals surface area contributed by atoms with Crippen molar-refractivity contribution in [3.63, 3.8) is 0 Å². The van der Waals surface area contributed by atoms with E-state index in [4.69, 9.17) is 9.15 Å². The third-order valence-electron chi connectivity index (χ3n) is 5.78. The number of nitrogens with zero attached hydrogens (tertiary/aromatic N) is 1. The minimum Gasteiger partial charge on any atom is -0.507 e. The van der Waals surface area contributed by atoms with Gasteiger partial charge in [0.05, 0.1) is 24.4 Å². The van der Waals surface area contributed by atoms with Gasteiger partial charge in [0.25, 0.3) is 11.7 Å². The molecule has 0 radical (unpaired) electrons. The fraction of sp³-hybridized carbons (Fsp3) is 0.200. The highest BCUT2D eigenvalue weighted by Crippen LogP contribution is 2.41. The molecule has 1 aromatic heterocycles. The second kappa shape index (κ2) is 7.98. The fourth-order valence-electron chi connectivity index (χ4n) is 4.36. The minimum absolute atomic E-state index is 0.0583. The summed E-state index contributed by atoms with van der Waals surface area (Å²) >= 11 is 3.46. The van der Waals surface area contributed by atoms with Crippen LogP contribution in [0.4, 0.5) is 0 Å². The number of hydrogen-bond donors (Lipinski definition) is 1. The Balaban J connectivity index is 1.64. The molecule has 1 saturated heterocycles. The number of halogens is 1. The zero-order chi connectivity index (χ0) is 22.4. The van der Waals surface area contributed by atoms with Crippen LogP contribution in [0.15, 0.2) is 75.3 Å². The average molecular weight is 494 g/mol. The summed E-state index contributed by atoms with van der Waals surface area (Å²) < 4.78 is 12.0. The van der Waals surface area contributed by atoms with Crippen LogP contribution >= 0.6 is 15.9 Å². The van der Waals surface area contributed by atoms with Crippen LogP contribution in [-0.4, -0.2) is 27.8 Å². The van der Waals surface area contributed by atoms with E-state index in [1.807, 2.05) is 37.3 Å². The molecule has 0 spiro atoms. The topological polar surface area (TPSA) is 80.0 Å². The van der Waals surface area contributed by atoms with Crippen LogP contribution in [-0.2, 0) is 22.6 Å². The molecule has 2 aromatic carbocycles. The van der Waals surface area contributed by atoms with Crippen molar-refractivity contribution in [3.8, 4) is 5.75 Å². The Labute approximate surface area is 193 Å². The van der Waals surface area contributed by atoms with Gasteiger partial charge in [0, 0.05) is 16.5 Å². The van der Waals surface area contributed by atoms with Gasteiger partial charge in [-0.3, -0.25) is 9.59 Å². The van der Waals surface area contributed by atoms with E-state index in [0.29, 0.717) is 16.9 Å². The zero-order valence-corrected chi connectivity index (χ0v) is 18.8. The summed E-state index contributed by atoms with van der Waals surface area (Å²) in [5.74, 6) is -0.265. The number of fused-ring (bicyclic) bond motifs is 1. The first kappa shape index (κ1) is 20.6. The molecule has 0 aliphatic carbocycles. The van der Waals surface area contributed by atoms with Crippen molar-refractivity contribution >= 4 is 33.4 Å². The van der Waals surface area contributed by atoms with Gasteiger partial charge in [-0.05, 0) is 60.5 Å². The average Bonchev–Trinajstić information content (AvgIpc) is 3.47. The lowest BCUT2D eigenvalue weighted by atomic mass is 9.94. The number of amides is 1. The van der Waals surface area contributed by atoms with Crippen LogP contribution in [0.25, 0.3) is 5.76 Å². The number of carbonyl (C=O) groups excluding carboxylic acids is 2. The number of ether oxygens (including phenoxy) is 1. The number of carbonyl (C=O) groups is 2. The first-order valence-electron chi connectivity index (χ1n) is 10.3. The molecule has 2 unspecified atom stereocenters. The number of aliphatic hydroxyl groups is 1. The lowest BCUT2D eigenvalue weighted by Gasteiger charge is -2.24. The van der Waals surface area contributed by atoms with Gasteiger partial charge in [-0.25, -0.2) is 0 Å². The SMILES string of the molecule is CC1Cc2cc(C(O)=C3C(=O)C(=O)N(Cc4ccco4)C3c3cccc(Br)c3)ccc2O1. The summed E-state index contributed by atoms with van der Waals surface area (Å²) in [6.07, 6.45) is 2.30. The van der Waals surface area contributed by atoms with E-state index < -0.39 is 17.7 Å². The van der Waals surface area contributed by atoms with Crippen molar-refractivity contribution in [1.29, 1.82) is 0 Å². The smallest absolute Gasteiger partial charge is 0.296 e. The van der Waals surface area contributed by atoms with Crippen molar-refractivity contribution in [2.75, 3.05) is 0 Å². The molecule has 3 aromatic rings. The van der Waals surface area contributed by atoms with E-state index >= 15 is 0 Å². The molecule has 1 amide bonds. The molecular weight excluding hydrogens is 474 g/mol. The summed E-state index contributed by atoms with van der Waals surface area (Å²) in [5, 5.41) is 11.3. The van der Waals surface area contributed by atoms with Crippen LogP contribution in [0, 0.1) is 0 Å². The number of Topliss-reactive ketones (excluding diaryl/α,β-unsaturated/α-hetero) is 1. The van der Waals surface area contributed by atoms with Crippen molar-refractivity contribution < 1.29 is 23.8 Å². The van der Waals surface area contributed by atoms with Crippen LogP contribution in [0.2, 0.25) is 0 Å². The highest BCUT2D eigenvalue weighted by molar-refractivity contribution is 9.10. The highest BCUT2D eigenvalue weighted by Gasteiger charge is 2.46. The van der Waals surface area contributed by atoms with Gasteiger partial charge in [-0.15, -0.1) is 0 Å². The lowest BCUT2D eigenvalue weighted by molar-refractivity contribution is -0.140. The Hall–Kier alpha value is -3.32. The molecule has 1 fully saturated rings. The van der Waals surface area contributed by atoms with E-state index in [1.165, 1.54) is 11.2 Å². The zero-order valence-electron chi connectivity index (χ0n) is 17.2. The van der Waals surface area contributed by atoms with Gasteiger partial charge in [-0.2, -0.15) is 0 Å². The monoisotopic (exact) mass is 493 g/mol. The Morgan fingerprint density at radius 2 is 2.00 bits per heavy atom. The molecule has 7 heteroatoms. The summed E-state index contributed by atoms with van der Waals surface area (Å²) in [7, 11) is 0. The maximum absolute atomic E-state index is 13.1. The van der Waals surface area contributed by atoms with E-state index in [1.54, 1.807) is 24.3 Å². The van der Waals surface area contributed by atoms with Gasteiger partial charge >= 0.3 is 0 Å². The maximum atomic E-state index is 13.1. The summed E-state index contributed by atoms with van der Waals surface area (Å²) in [4.78, 5) is 27.6. The summed E-state index contributed by atoms with van der Waals surface area (Å²) in [6.45, 7) is 2.09. The largest absolute Gasteiger partial charge is 0.507 e. The standard InChI is InChI=1S/C25H20BrNO5/c1-14-10-17-11-16(7-8-20(17)32-14)23(28)21-22(15-4-2-5-18(26)12-15)27(25(30)24(21)29)13-19-6-3-9-31-19/h2-9,11-12,14,22,28H,10,13H2,1H3. The lowest BCUT2D eigenvalue weighted by Crippen LogP contribution is -2.29. The number of likely N-dealkylation sites (tertiary alicyclic amines) is 1. The van der Waals surface area contributed by atoms with Gasteiger partial charge in [0.1, 0.15) is 23.4 Å². The van der Waals surface area contributed by atoms with E-state index in [2.05, 4.69) is 15.9 Å². The van der Waals surface area contributed by atoms with E-state index in [0.717, 1.165) is 22.2 Å². The number of hydrogen-bond acceptors (Lipinski definition) is 5. The Morgan fingerprint density at radius 1 is 1.16 bits per heavy atom. The minimum atomic E-state index is -0.749. The van der Waals surface area contributed by atoms with Gasteiger partial charge in [-0.1, -0.05) is 28.1 Å². The second-order valence-corrected chi connectivity index (χ2v) is 8.93. The van der Waals surface area contributed by atoms with Crippen molar-refractivity contribution in [3.05, 3.63) is 93.4 Å². The Bertz CT molecular complexity index is 1250. The third kappa shape index (κ3) is 3.52. The molecule has 32 heavy (non-hydrogen) atoms. The van der Waals surface area contributed by atoms with Crippen LogP contribution in [0.5, 0.6) is 5.75 Å². The Morgan fingerprint density at radius 3 is 2.75 bits per heavy atom. The van der Waals surface area contributed by atoms with E-state index in [-0.39, 0.29) is 24.0 Å². The first-order chi connectivity index (χ1) is 15.4. The predicted molar refractivity (Wildman–Crippen MR) is 121 cm³/mol. The van der Waals surface area contributed by atoms with Crippen molar-refractivity contribution in [2.24, 2.45) is 0 Å². The van der Waals surface area contributed by atoms with Crippen LogP contribution in [0.3, 0.4) is 0 Å². The molecule has 2 aliphatic heterocycles. The molecule has 0 bridgehead atoms. The molecule has 0 saturated carbocycles. The quantitative estimate of drug-likeness (QED) is 0.314. The number of rotatable bonds is 4. The summed E-state index contributed by atoms with van der Waals surface area (Å²) in [5.41, 5.74) is 2.22. The third-order valence-corrected chi connectivity index (χ3v) is 6.27. The molecule has 2 atom stereocenters. The van der Waals surface area contributed by atoms with E-state index in [9.17, 15) is 14.7 Å². The highest BCUT2D eigenvalue weighted by atomic mass is 79.9. The first-order valence-corrected chi connectivity index (χ1v) is 11.1. The van der Waals surface area contributed by atoms with Gasteiger partial charge in [0.15, 0.2) is 0 Å². The number of furan rings is 1. The molecule has 1 N–H and O–H groups in total. The Kier molecular flexibility index (Phi) is 5.13. The molecule has 5 rings (SSSR count). The summed E-state index contributed by atoms with van der Waals surface area (Å²) in [6, 6.07) is 15.4. The van der Waals surface area contributed by atoms with Gasteiger partial charge in [0.2, 0.25) is 0 Å². The number of benzene rings is 2. The molecule has 3 heterocycles. The van der Waals surface area contributed by atoms with Crippen molar-refractivity contribution in [1.82, 2.24) is 4.90 Å². The van der Waals surface area contributed by atoms with Crippen molar-refractivity contribution in [2.45, 2.75) is 32.0 Å². The van der Waals surface area contributed by atoms with Crippen LogP contribution in [0.1, 0.15) is 35.4 Å². The molecule has 2 aliphatic rings. The number of ketones is 1.